The van der Waals surface area contributed by atoms with Gasteiger partial charge in [0, 0.05) is 23.9 Å². The Balaban J connectivity index is 0.947. The average Bonchev–Trinajstić information content (AvgIpc) is 3.56. The molecule has 2 heterocycles. The number of H-pyrrole nitrogens is 1. The minimum absolute atomic E-state index is 0.00262. The van der Waals surface area contributed by atoms with Gasteiger partial charge in [-0.3, -0.25) is 9.69 Å². The molecule has 2 aromatic carbocycles. The summed E-state index contributed by atoms with van der Waals surface area (Å²) in [5, 5.41) is 36.8. The van der Waals surface area contributed by atoms with Crippen molar-refractivity contribution in [3.8, 4) is 5.75 Å². The van der Waals surface area contributed by atoms with Crippen molar-refractivity contribution in [1.82, 2.24) is 20.2 Å². The van der Waals surface area contributed by atoms with Crippen LogP contribution in [0.2, 0.25) is 0 Å². The van der Waals surface area contributed by atoms with Crippen molar-refractivity contribution in [2.75, 3.05) is 26.7 Å². The van der Waals surface area contributed by atoms with Gasteiger partial charge in [0.1, 0.15) is 11.5 Å². The fraction of sp³-hybridized carbons (Fsp3) is 0.526. The second-order valence-corrected chi connectivity index (χ2v) is 13.3. The summed E-state index contributed by atoms with van der Waals surface area (Å²) in [6.07, 6.45) is 14.7. The number of benzene rings is 2. The molecule has 9 heteroatoms. The molecule has 2 aromatic heterocycles. The van der Waals surface area contributed by atoms with Crippen LogP contribution in [0, 0.1) is 5.92 Å². The Morgan fingerprint density at radius 1 is 0.979 bits per heavy atom. The van der Waals surface area contributed by atoms with Crippen molar-refractivity contribution in [2.24, 2.45) is 5.92 Å². The van der Waals surface area contributed by atoms with Gasteiger partial charge in [-0.1, -0.05) is 87.8 Å². The number of rotatable bonds is 18. The number of pyridine rings is 1. The lowest BCUT2D eigenvalue weighted by Crippen LogP contribution is -2.38. The van der Waals surface area contributed by atoms with Gasteiger partial charge in [-0.05, 0) is 69.1 Å². The predicted octanol–water partition coefficient (Wildman–Crippen LogP) is 6.52. The molecule has 1 aliphatic rings. The van der Waals surface area contributed by atoms with E-state index in [-0.39, 0.29) is 17.2 Å². The first-order chi connectivity index (χ1) is 22.9. The number of aromatic nitrogens is 2. The molecule has 1 saturated carbocycles. The molecule has 2 atom stereocenters. The van der Waals surface area contributed by atoms with Crippen LogP contribution < -0.4 is 10.9 Å². The van der Waals surface area contributed by atoms with Gasteiger partial charge in [0.05, 0.1) is 24.4 Å². The zero-order valence-corrected chi connectivity index (χ0v) is 27.8. The highest BCUT2D eigenvalue weighted by Crippen LogP contribution is 2.43. The molecule has 4 aromatic rings. The van der Waals surface area contributed by atoms with Crippen molar-refractivity contribution >= 4 is 10.9 Å². The molecule has 0 spiro atoms. The third kappa shape index (κ3) is 9.11. The average molecular weight is 645 g/mol. The summed E-state index contributed by atoms with van der Waals surface area (Å²) in [5.41, 5.74) is 0.422. The van der Waals surface area contributed by atoms with Gasteiger partial charge in [-0.25, -0.2) is 4.98 Å². The number of phenols is 1. The van der Waals surface area contributed by atoms with Crippen LogP contribution in [0.1, 0.15) is 106 Å². The lowest BCUT2D eigenvalue weighted by Gasteiger charge is -2.36. The van der Waals surface area contributed by atoms with Crippen LogP contribution in [0.15, 0.2) is 70.0 Å². The Morgan fingerprint density at radius 2 is 1.70 bits per heavy atom. The van der Waals surface area contributed by atoms with Crippen molar-refractivity contribution in [1.29, 1.82) is 0 Å². The zero-order chi connectivity index (χ0) is 33.1. The first-order valence-corrected chi connectivity index (χ1v) is 17.5. The van der Waals surface area contributed by atoms with Crippen molar-refractivity contribution in [3.05, 3.63) is 93.9 Å². The second-order valence-electron chi connectivity index (χ2n) is 13.3. The lowest BCUT2D eigenvalue weighted by molar-refractivity contribution is -0.0242. The number of aromatic hydroxyl groups is 1. The van der Waals surface area contributed by atoms with E-state index >= 15 is 0 Å². The Labute approximate surface area is 278 Å². The molecule has 0 aliphatic heterocycles. The molecule has 5 N–H and O–H groups in total. The highest BCUT2D eigenvalue weighted by molar-refractivity contribution is 5.87. The minimum Gasteiger partial charge on any atom is -0.506 e. The van der Waals surface area contributed by atoms with Gasteiger partial charge in [-0.15, -0.1) is 0 Å². The number of aliphatic hydroxyl groups excluding tert-OH is 1. The Kier molecular flexibility index (Phi) is 12.6. The van der Waals surface area contributed by atoms with Gasteiger partial charge < -0.3 is 30.0 Å². The maximum absolute atomic E-state index is 12.0. The maximum Gasteiger partial charge on any atom is 0.248 e. The van der Waals surface area contributed by atoms with Crippen LogP contribution in [-0.4, -0.2) is 56.9 Å². The predicted molar refractivity (Wildman–Crippen MR) is 185 cm³/mol. The number of unbranched alkanes of at least 4 members (excludes halogenated alkanes) is 6. The van der Waals surface area contributed by atoms with E-state index in [1.54, 1.807) is 18.3 Å². The molecule has 47 heavy (non-hydrogen) atoms. The van der Waals surface area contributed by atoms with Crippen LogP contribution in [0.25, 0.3) is 10.9 Å². The molecule has 1 aliphatic carbocycles. The topological polar surface area (TPSA) is 135 Å². The number of hydrogen-bond acceptors (Lipinski definition) is 8. The van der Waals surface area contributed by atoms with Crippen LogP contribution in [0.3, 0.4) is 0 Å². The summed E-state index contributed by atoms with van der Waals surface area (Å²) >= 11 is 0. The highest BCUT2D eigenvalue weighted by atomic mass is 16.4. The van der Waals surface area contributed by atoms with Crippen LogP contribution >= 0.6 is 0 Å². The third-order valence-corrected chi connectivity index (χ3v) is 9.71. The van der Waals surface area contributed by atoms with Crippen LogP contribution in [-0.2, 0) is 12.1 Å². The first-order valence-electron chi connectivity index (χ1n) is 17.5. The summed E-state index contributed by atoms with van der Waals surface area (Å²) in [6, 6.07) is 16.2. The summed E-state index contributed by atoms with van der Waals surface area (Å²) < 4.78 is 6.24. The fourth-order valence-corrected chi connectivity index (χ4v) is 7.06. The van der Waals surface area contributed by atoms with Crippen LogP contribution in [0.5, 0.6) is 5.75 Å². The van der Waals surface area contributed by atoms with Gasteiger partial charge in [0.2, 0.25) is 11.4 Å². The minimum atomic E-state index is -1.19. The van der Waals surface area contributed by atoms with Gasteiger partial charge in [0.25, 0.3) is 0 Å². The maximum atomic E-state index is 12.0. The van der Waals surface area contributed by atoms with Gasteiger partial charge in [-0.2, -0.15) is 0 Å². The molecule has 1 unspecified atom stereocenters. The number of aromatic amines is 1. The zero-order valence-electron chi connectivity index (χ0n) is 27.8. The smallest absolute Gasteiger partial charge is 0.248 e. The largest absolute Gasteiger partial charge is 0.506 e. The van der Waals surface area contributed by atoms with E-state index in [0.717, 1.165) is 69.4 Å². The SMILES string of the molecule is CN(CCCCCCCCCNCC(O)c1ccc(O)c2[nH]c(=O)ccc12)Cc1cnc([C@](O)(c2ccccc2)C2CCCCC2)o1. The van der Waals surface area contributed by atoms with Crippen LogP contribution in [0.4, 0.5) is 0 Å². The molecule has 9 nitrogen and oxygen atoms in total. The Morgan fingerprint density at radius 3 is 2.47 bits per heavy atom. The van der Waals surface area contributed by atoms with Crippen molar-refractivity contribution in [3.63, 3.8) is 0 Å². The number of hydrogen-bond donors (Lipinski definition) is 5. The second kappa shape index (κ2) is 17.1. The van der Waals surface area contributed by atoms with Gasteiger partial charge >= 0.3 is 0 Å². The number of fused-ring (bicyclic) bond motifs is 1. The van der Waals surface area contributed by atoms with E-state index in [2.05, 4.69) is 27.2 Å². The molecular formula is C38H52N4O5. The van der Waals surface area contributed by atoms with E-state index < -0.39 is 11.7 Å². The number of aliphatic hydroxyl groups is 2. The number of nitrogens with one attached hydrogen (secondary N) is 2. The monoisotopic (exact) mass is 644 g/mol. The third-order valence-electron chi connectivity index (χ3n) is 9.71. The molecule has 0 saturated heterocycles. The molecule has 1 fully saturated rings. The normalized spacial score (nSPS) is 16.1. The lowest BCUT2D eigenvalue weighted by atomic mass is 9.73. The summed E-state index contributed by atoms with van der Waals surface area (Å²) in [4.78, 5) is 21.1. The van der Waals surface area contributed by atoms with Crippen molar-refractivity contribution in [2.45, 2.75) is 95.3 Å². The van der Waals surface area contributed by atoms with E-state index in [9.17, 15) is 20.1 Å². The number of phenolic OH excluding ortho intramolecular Hbond substituents is 1. The standard InChI is InChI=1S/C38H52N4O5/c1-42(27-30-25-40-37(47-30)38(46,28-15-9-7-10-16-28)29-17-11-8-12-18-29)24-14-6-4-2-3-5-13-23-39-26-34(44)31-19-21-33(43)36-32(31)20-22-35(45)41-36/h7,9-10,15-16,19-22,25,29,34,39,43-44,46H,2-6,8,11-14,17-18,23-24,26-27H2,1H3,(H,41,45)/t34?,38-/m0/s1. The molecule has 0 radical (unpaired) electrons. The van der Waals surface area contributed by atoms with Crippen molar-refractivity contribution < 1.29 is 19.7 Å². The summed E-state index contributed by atoms with van der Waals surface area (Å²) in [6.45, 7) is 2.91. The molecule has 0 bridgehead atoms. The van der Waals surface area contributed by atoms with Gasteiger partial charge in [0.15, 0.2) is 5.60 Å². The molecular weight excluding hydrogens is 592 g/mol. The Hall–Kier alpha value is -3.50. The highest BCUT2D eigenvalue weighted by Gasteiger charge is 2.44. The molecule has 254 valence electrons. The summed E-state index contributed by atoms with van der Waals surface area (Å²) in [7, 11) is 2.11. The number of nitrogens with zero attached hydrogens (tertiary/aromatic N) is 2. The molecule has 5 rings (SSSR count). The quantitative estimate of drug-likeness (QED) is 0.0773. The van der Waals surface area contributed by atoms with E-state index in [4.69, 9.17) is 4.42 Å². The van der Waals surface area contributed by atoms with E-state index in [1.165, 1.54) is 44.2 Å². The molecule has 0 amide bonds. The summed E-state index contributed by atoms with van der Waals surface area (Å²) in [5.74, 6) is 1.33. The van der Waals surface area contributed by atoms with E-state index in [0.29, 0.717) is 35.4 Å². The van der Waals surface area contributed by atoms with E-state index in [1.807, 2.05) is 30.3 Å². The Bertz CT molecular complexity index is 1580. The first kappa shape index (κ1) is 34.8. The fourth-order valence-electron chi connectivity index (χ4n) is 7.06. The number of oxazole rings is 1.